The van der Waals surface area contributed by atoms with Crippen LogP contribution >= 0.6 is 0 Å². The number of nitro groups is 1. The quantitative estimate of drug-likeness (QED) is 0.573. The summed E-state index contributed by atoms with van der Waals surface area (Å²) in [7, 11) is -3.75. The lowest BCUT2D eigenvalue weighted by Gasteiger charge is -2.20. The van der Waals surface area contributed by atoms with Gasteiger partial charge in [0.05, 0.1) is 9.82 Å². The van der Waals surface area contributed by atoms with Crippen LogP contribution in [0.3, 0.4) is 0 Å². The summed E-state index contributed by atoms with van der Waals surface area (Å²) in [5, 5.41) is 15.8. The molecule has 0 radical (unpaired) electrons. The minimum absolute atomic E-state index is 0.0860. The van der Waals surface area contributed by atoms with Crippen molar-refractivity contribution in [3.8, 4) is 0 Å². The van der Waals surface area contributed by atoms with Crippen molar-refractivity contribution in [1.29, 1.82) is 0 Å². The van der Waals surface area contributed by atoms with Crippen molar-refractivity contribution in [3.63, 3.8) is 0 Å². The van der Waals surface area contributed by atoms with E-state index in [4.69, 9.17) is 0 Å². The monoisotopic (exact) mass is 382 g/mol. The number of nitrogens with one attached hydrogen (secondary N) is 1. The Kier molecular flexibility index (Phi) is 6.71. The first-order valence-electron chi connectivity index (χ1n) is 8.92. The highest BCUT2D eigenvalue weighted by atomic mass is 32.2. The van der Waals surface area contributed by atoms with Gasteiger partial charge in [0.2, 0.25) is 10.0 Å². The molecule has 1 aliphatic carbocycles. The molecule has 0 bridgehead atoms. The summed E-state index contributed by atoms with van der Waals surface area (Å²) in [6, 6.07) is 3.89. The second kappa shape index (κ2) is 8.59. The van der Waals surface area contributed by atoms with Crippen LogP contribution < -0.4 is 5.43 Å². The molecule has 0 amide bonds. The van der Waals surface area contributed by atoms with Crippen LogP contribution in [-0.2, 0) is 10.0 Å². The molecule has 0 unspecified atom stereocenters. The number of rotatable bonds is 7. The molecule has 144 valence electrons. The van der Waals surface area contributed by atoms with E-state index in [2.05, 4.69) is 17.5 Å². The highest BCUT2D eigenvalue weighted by Gasteiger charge is 2.26. The normalized spacial score (nSPS) is 19.7. The molecular weight excluding hydrogens is 356 g/mol. The molecule has 1 N–H and O–H groups in total. The molecule has 1 atom stereocenters. The first-order chi connectivity index (χ1) is 12.3. The van der Waals surface area contributed by atoms with Crippen molar-refractivity contribution in [1.82, 2.24) is 4.31 Å². The van der Waals surface area contributed by atoms with Crippen LogP contribution in [-0.4, -0.2) is 36.4 Å². The van der Waals surface area contributed by atoms with Crippen molar-refractivity contribution in [2.75, 3.05) is 18.5 Å². The Balaban J connectivity index is 2.35. The summed E-state index contributed by atoms with van der Waals surface area (Å²) >= 11 is 0. The molecule has 26 heavy (non-hydrogen) atoms. The van der Waals surface area contributed by atoms with Crippen LogP contribution in [0, 0.1) is 16.0 Å². The summed E-state index contributed by atoms with van der Waals surface area (Å²) in [6.07, 6.45) is 4.16. The highest BCUT2D eigenvalue weighted by Crippen LogP contribution is 2.29. The Hall–Kier alpha value is -2.00. The largest absolute Gasteiger partial charge is 0.295 e. The third kappa shape index (κ3) is 4.39. The van der Waals surface area contributed by atoms with E-state index in [1.807, 2.05) is 0 Å². The van der Waals surface area contributed by atoms with Crippen LogP contribution in [0.15, 0.2) is 28.2 Å². The number of hydrazone groups is 1. The summed E-state index contributed by atoms with van der Waals surface area (Å²) in [5.41, 5.74) is 3.65. The summed E-state index contributed by atoms with van der Waals surface area (Å²) < 4.78 is 26.4. The molecule has 1 fully saturated rings. The van der Waals surface area contributed by atoms with Crippen molar-refractivity contribution < 1.29 is 13.3 Å². The van der Waals surface area contributed by atoms with Gasteiger partial charge in [-0.05, 0) is 37.3 Å². The zero-order valence-electron chi connectivity index (χ0n) is 15.4. The molecule has 0 aliphatic heterocycles. The molecule has 0 spiro atoms. The Morgan fingerprint density at radius 3 is 2.58 bits per heavy atom. The van der Waals surface area contributed by atoms with E-state index in [1.54, 1.807) is 13.8 Å². The number of benzene rings is 1. The second-order valence-electron chi connectivity index (χ2n) is 6.39. The Morgan fingerprint density at radius 1 is 1.31 bits per heavy atom. The van der Waals surface area contributed by atoms with E-state index < -0.39 is 14.9 Å². The van der Waals surface area contributed by atoms with E-state index in [0.29, 0.717) is 19.0 Å². The fraction of sp³-hybridized carbons (Fsp3) is 0.588. The van der Waals surface area contributed by atoms with E-state index in [1.165, 1.54) is 16.4 Å². The number of anilines is 1. The van der Waals surface area contributed by atoms with Crippen LogP contribution in [0.2, 0.25) is 0 Å². The van der Waals surface area contributed by atoms with E-state index in [0.717, 1.165) is 37.5 Å². The lowest BCUT2D eigenvalue weighted by molar-refractivity contribution is -0.384. The van der Waals surface area contributed by atoms with Gasteiger partial charge in [-0.1, -0.05) is 27.2 Å². The second-order valence-corrected chi connectivity index (χ2v) is 8.33. The molecule has 0 aromatic heterocycles. The van der Waals surface area contributed by atoms with E-state index >= 15 is 0 Å². The van der Waals surface area contributed by atoms with Crippen LogP contribution in [0.25, 0.3) is 0 Å². The lowest BCUT2D eigenvalue weighted by atomic mass is 9.89. The number of hydrogen-bond donors (Lipinski definition) is 1. The van der Waals surface area contributed by atoms with Gasteiger partial charge in [-0.15, -0.1) is 0 Å². The van der Waals surface area contributed by atoms with Gasteiger partial charge in [-0.2, -0.15) is 9.41 Å². The molecule has 0 saturated heterocycles. The summed E-state index contributed by atoms with van der Waals surface area (Å²) in [5.74, 6) is 0.345. The van der Waals surface area contributed by atoms with E-state index in [9.17, 15) is 18.5 Å². The summed E-state index contributed by atoms with van der Waals surface area (Å²) in [4.78, 5) is 10.8. The molecule has 1 aliphatic rings. The fourth-order valence-electron chi connectivity index (χ4n) is 3.10. The molecule has 1 aromatic rings. The van der Waals surface area contributed by atoms with Crippen molar-refractivity contribution in [2.45, 2.75) is 51.3 Å². The maximum atomic E-state index is 12.6. The molecular formula is C17H26N4O4S. The molecule has 1 aromatic carbocycles. The highest BCUT2D eigenvalue weighted by molar-refractivity contribution is 7.89. The van der Waals surface area contributed by atoms with Crippen LogP contribution in [0.1, 0.15) is 46.5 Å². The Bertz CT molecular complexity index is 788. The van der Waals surface area contributed by atoms with Gasteiger partial charge in [-0.3, -0.25) is 15.5 Å². The van der Waals surface area contributed by atoms with Crippen LogP contribution in [0.4, 0.5) is 11.4 Å². The minimum atomic E-state index is -3.75. The molecule has 2 rings (SSSR count). The maximum Gasteiger partial charge on any atom is 0.295 e. The predicted molar refractivity (Wildman–Crippen MR) is 102 cm³/mol. The zero-order valence-corrected chi connectivity index (χ0v) is 16.3. The standard InChI is InChI=1S/C17H26N4O4S/c1-4-20(5-2)26(24,25)14-10-11-16(17(12-14)21(22)23)19-18-15-9-7-6-8-13(15)3/h10-13,19H,4-9H2,1-3H3/t13-/m0/s1. The topological polar surface area (TPSA) is 105 Å². The molecule has 1 saturated carbocycles. The Labute approximate surface area is 154 Å². The van der Waals surface area contributed by atoms with Gasteiger partial charge in [-0.25, -0.2) is 8.42 Å². The van der Waals surface area contributed by atoms with E-state index in [-0.39, 0.29) is 16.3 Å². The van der Waals surface area contributed by atoms with Crippen molar-refractivity contribution in [3.05, 3.63) is 28.3 Å². The average Bonchev–Trinajstić information content (AvgIpc) is 2.61. The number of sulfonamides is 1. The third-order valence-corrected chi connectivity index (χ3v) is 6.76. The lowest BCUT2D eigenvalue weighted by Crippen LogP contribution is -2.30. The van der Waals surface area contributed by atoms with Gasteiger partial charge < -0.3 is 0 Å². The third-order valence-electron chi connectivity index (χ3n) is 4.72. The molecule has 9 heteroatoms. The smallest absolute Gasteiger partial charge is 0.272 e. The molecule has 8 nitrogen and oxygen atoms in total. The zero-order chi connectivity index (χ0) is 19.3. The van der Waals surface area contributed by atoms with Gasteiger partial charge in [0.25, 0.3) is 5.69 Å². The van der Waals surface area contributed by atoms with Gasteiger partial charge in [0.1, 0.15) is 5.69 Å². The Morgan fingerprint density at radius 2 is 2.00 bits per heavy atom. The first kappa shape index (κ1) is 20.3. The van der Waals surface area contributed by atoms with Gasteiger partial charge >= 0.3 is 0 Å². The van der Waals surface area contributed by atoms with Crippen LogP contribution in [0.5, 0.6) is 0 Å². The molecule has 0 heterocycles. The van der Waals surface area contributed by atoms with Gasteiger partial charge in [0, 0.05) is 24.9 Å². The fourth-order valence-corrected chi connectivity index (χ4v) is 4.58. The average molecular weight is 382 g/mol. The number of hydrogen-bond acceptors (Lipinski definition) is 6. The van der Waals surface area contributed by atoms with Crippen molar-refractivity contribution >= 4 is 27.1 Å². The summed E-state index contributed by atoms with van der Waals surface area (Å²) in [6.45, 7) is 6.16. The first-order valence-corrected chi connectivity index (χ1v) is 10.4. The number of nitrogens with zero attached hydrogens (tertiary/aromatic N) is 3. The SMILES string of the molecule is CCN(CC)S(=O)(=O)c1ccc(NN=C2CCCC[C@@H]2C)c([N+](=O)[O-])c1. The minimum Gasteiger partial charge on any atom is -0.272 e. The van der Waals surface area contributed by atoms with Crippen molar-refractivity contribution in [2.24, 2.45) is 11.0 Å². The van der Waals surface area contributed by atoms with Gasteiger partial charge in [0.15, 0.2) is 0 Å². The predicted octanol–water partition coefficient (Wildman–Crippen LogP) is 3.60. The maximum absolute atomic E-state index is 12.6. The number of nitro benzene ring substituents is 1.